The standard InChI is InChI=1S/C25H50N2O6S/c1-4-5-6-7-8-9-10-11-12-13-14-15-16-17-18-21(2)24(20-34(31,32)33)27(22(3)29)25(30)23(26)19-28/h21,23-24,28H,4-20,26H2,1-3H3,(H,31,32,33)/t21?,23-,24?/m1/s1. The molecule has 0 radical (unpaired) electrons. The van der Waals surface area contributed by atoms with Crippen molar-refractivity contribution in [1.29, 1.82) is 0 Å². The number of rotatable bonds is 21. The lowest BCUT2D eigenvalue weighted by molar-refractivity contribution is -0.148. The van der Waals surface area contributed by atoms with Crippen molar-refractivity contribution in [3.05, 3.63) is 0 Å². The highest BCUT2D eigenvalue weighted by Crippen LogP contribution is 2.22. The van der Waals surface area contributed by atoms with Gasteiger partial charge in [-0.1, -0.05) is 104 Å². The number of carbonyl (C=O) groups excluding carboxylic acids is 2. The van der Waals surface area contributed by atoms with E-state index in [4.69, 9.17) is 5.73 Å². The Morgan fingerprint density at radius 2 is 1.26 bits per heavy atom. The first-order valence-electron chi connectivity index (χ1n) is 13.2. The number of unbranched alkanes of at least 4 members (excludes halogenated alkanes) is 13. The van der Waals surface area contributed by atoms with E-state index in [1.54, 1.807) is 6.92 Å². The molecule has 0 spiro atoms. The Bertz CT molecular complexity index is 656. The second-order valence-corrected chi connectivity index (χ2v) is 11.2. The third-order valence-corrected chi connectivity index (χ3v) is 7.24. The van der Waals surface area contributed by atoms with E-state index < -0.39 is 46.4 Å². The van der Waals surface area contributed by atoms with Crippen LogP contribution in [0.5, 0.6) is 0 Å². The van der Waals surface area contributed by atoms with Gasteiger partial charge in [0.15, 0.2) is 0 Å². The monoisotopic (exact) mass is 506 g/mol. The fourth-order valence-corrected chi connectivity index (χ4v) is 5.28. The van der Waals surface area contributed by atoms with Gasteiger partial charge in [0, 0.05) is 6.92 Å². The summed E-state index contributed by atoms with van der Waals surface area (Å²) in [6.07, 6.45) is 17.9. The molecule has 0 aromatic heterocycles. The molecule has 0 rings (SSSR count). The molecule has 0 saturated heterocycles. The second kappa shape index (κ2) is 19.2. The van der Waals surface area contributed by atoms with Crippen molar-refractivity contribution in [2.24, 2.45) is 11.7 Å². The van der Waals surface area contributed by atoms with Gasteiger partial charge in [-0.2, -0.15) is 8.42 Å². The third-order valence-electron chi connectivity index (χ3n) is 6.47. The summed E-state index contributed by atoms with van der Waals surface area (Å²) >= 11 is 0. The van der Waals surface area contributed by atoms with Crippen molar-refractivity contribution >= 4 is 21.9 Å². The molecular weight excluding hydrogens is 456 g/mol. The number of hydrogen-bond donors (Lipinski definition) is 3. The predicted molar refractivity (Wildman–Crippen MR) is 137 cm³/mol. The fraction of sp³-hybridized carbons (Fsp3) is 0.920. The Kier molecular flexibility index (Phi) is 18.6. The maximum absolute atomic E-state index is 12.5. The average Bonchev–Trinajstić information content (AvgIpc) is 2.76. The Morgan fingerprint density at radius 1 is 0.853 bits per heavy atom. The van der Waals surface area contributed by atoms with Gasteiger partial charge in [0.25, 0.3) is 10.1 Å². The average molecular weight is 507 g/mol. The summed E-state index contributed by atoms with van der Waals surface area (Å²) in [5.41, 5.74) is 5.58. The molecule has 2 unspecified atom stereocenters. The van der Waals surface area contributed by atoms with Gasteiger partial charge in [-0.25, -0.2) is 0 Å². The highest BCUT2D eigenvalue weighted by Gasteiger charge is 2.36. The van der Waals surface area contributed by atoms with Gasteiger partial charge >= 0.3 is 0 Å². The lowest BCUT2D eigenvalue weighted by Gasteiger charge is -2.34. The smallest absolute Gasteiger partial charge is 0.266 e. The maximum Gasteiger partial charge on any atom is 0.266 e. The van der Waals surface area contributed by atoms with Crippen LogP contribution in [0.25, 0.3) is 0 Å². The van der Waals surface area contributed by atoms with E-state index in [2.05, 4.69) is 6.92 Å². The summed E-state index contributed by atoms with van der Waals surface area (Å²) in [6.45, 7) is 4.50. The number of aliphatic hydroxyl groups excluding tert-OH is 1. The quantitative estimate of drug-likeness (QED) is 0.154. The molecule has 2 amide bonds. The molecule has 0 bridgehead atoms. The molecule has 4 N–H and O–H groups in total. The van der Waals surface area contributed by atoms with Gasteiger partial charge in [0.2, 0.25) is 11.8 Å². The number of nitrogens with zero attached hydrogens (tertiary/aromatic N) is 1. The zero-order valence-corrected chi connectivity index (χ0v) is 22.5. The number of amides is 2. The second-order valence-electron chi connectivity index (χ2n) is 9.69. The first kappa shape index (κ1) is 33.0. The summed E-state index contributed by atoms with van der Waals surface area (Å²) < 4.78 is 32.5. The van der Waals surface area contributed by atoms with Crippen molar-refractivity contribution in [3.8, 4) is 0 Å². The summed E-state index contributed by atoms with van der Waals surface area (Å²) in [5, 5.41) is 9.18. The molecule has 0 saturated carbocycles. The predicted octanol–water partition coefficient (Wildman–Crippen LogP) is 4.45. The van der Waals surface area contributed by atoms with Gasteiger partial charge in [-0.3, -0.25) is 19.0 Å². The van der Waals surface area contributed by atoms with E-state index in [1.807, 2.05) is 0 Å². The molecule has 34 heavy (non-hydrogen) atoms. The largest absolute Gasteiger partial charge is 0.394 e. The Hall–Kier alpha value is -1.03. The first-order valence-corrected chi connectivity index (χ1v) is 14.8. The summed E-state index contributed by atoms with van der Waals surface area (Å²) in [6, 6.07) is -2.35. The highest BCUT2D eigenvalue weighted by atomic mass is 32.2. The van der Waals surface area contributed by atoms with Crippen LogP contribution in [0.1, 0.15) is 117 Å². The van der Waals surface area contributed by atoms with Gasteiger partial charge in [0.1, 0.15) is 6.04 Å². The summed E-state index contributed by atoms with van der Waals surface area (Å²) in [7, 11) is -4.42. The lowest BCUT2D eigenvalue weighted by Crippen LogP contribution is -2.55. The van der Waals surface area contributed by atoms with E-state index in [1.165, 1.54) is 70.6 Å². The van der Waals surface area contributed by atoms with Crippen LogP contribution in [0.4, 0.5) is 0 Å². The number of carbonyl (C=O) groups is 2. The lowest BCUT2D eigenvalue weighted by atomic mass is 9.94. The molecule has 0 aromatic carbocycles. The van der Waals surface area contributed by atoms with Crippen LogP contribution in [-0.2, 0) is 19.7 Å². The SMILES string of the molecule is CCCCCCCCCCCCCCCCC(C)C(CS(=O)(=O)O)N(C(C)=O)C(=O)[C@H](N)CO. The zero-order chi connectivity index (χ0) is 26.0. The first-order chi connectivity index (χ1) is 16.0. The number of imide groups is 1. The number of aliphatic hydroxyl groups is 1. The summed E-state index contributed by atoms with van der Waals surface area (Å²) in [5.74, 6) is -2.57. The van der Waals surface area contributed by atoms with Crippen molar-refractivity contribution in [3.63, 3.8) is 0 Å². The minimum Gasteiger partial charge on any atom is -0.394 e. The van der Waals surface area contributed by atoms with Crippen LogP contribution < -0.4 is 5.73 Å². The fourth-order valence-electron chi connectivity index (χ4n) is 4.37. The van der Waals surface area contributed by atoms with E-state index in [-0.39, 0.29) is 5.92 Å². The van der Waals surface area contributed by atoms with Crippen LogP contribution in [0.3, 0.4) is 0 Å². The van der Waals surface area contributed by atoms with Crippen LogP contribution in [-0.4, -0.2) is 59.2 Å². The van der Waals surface area contributed by atoms with Crippen molar-refractivity contribution in [2.75, 3.05) is 12.4 Å². The Labute approximate surface area is 207 Å². The third kappa shape index (κ3) is 15.8. The molecule has 3 atom stereocenters. The van der Waals surface area contributed by atoms with Gasteiger partial charge in [-0.05, 0) is 12.3 Å². The van der Waals surface area contributed by atoms with Gasteiger partial charge < -0.3 is 10.8 Å². The van der Waals surface area contributed by atoms with Crippen molar-refractivity contribution in [2.45, 2.75) is 129 Å². The molecule has 0 aliphatic carbocycles. The van der Waals surface area contributed by atoms with Gasteiger partial charge in [-0.15, -0.1) is 0 Å². The van der Waals surface area contributed by atoms with Crippen LogP contribution in [0.15, 0.2) is 0 Å². The molecular formula is C25H50N2O6S. The molecule has 0 aliphatic heterocycles. The van der Waals surface area contributed by atoms with Crippen molar-refractivity contribution in [1.82, 2.24) is 4.90 Å². The van der Waals surface area contributed by atoms with Crippen LogP contribution in [0, 0.1) is 5.92 Å². The topological polar surface area (TPSA) is 138 Å². The molecule has 9 heteroatoms. The molecule has 8 nitrogen and oxygen atoms in total. The minimum atomic E-state index is -4.42. The van der Waals surface area contributed by atoms with E-state index >= 15 is 0 Å². The zero-order valence-electron chi connectivity index (χ0n) is 21.7. The number of hydrogen-bond acceptors (Lipinski definition) is 6. The van der Waals surface area contributed by atoms with Crippen LogP contribution in [0.2, 0.25) is 0 Å². The highest BCUT2D eigenvalue weighted by molar-refractivity contribution is 7.85. The van der Waals surface area contributed by atoms with Crippen LogP contribution >= 0.6 is 0 Å². The Balaban J connectivity index is 4.36. The van der Waals surface area contributed by atoms with E-state index in [0.717, 1.165) is 31.1 Å². The molecule has 202 valence electrons. The normalized spacial score (nSPS) is 14.5. The summed E-state index contributed by atoms with van der Waals surface area (Å²) in [4.78, 5) is 25.4. The van der Waals surface area contributed by atoms with E-state index in [9.17, 15) is 27.7 Å². The molecule has 0 aliphatic rings. The molecule has 0 heterocycles. The maximum atomic E-state index is 12.5. The molecule has 0 fully saturated rings. The van der Waals surface area contributed by atoms with E-state index in [0.29, 0.717) is 6.42 Å². The Morgan fingerprint density at radius 3 is 1.62 bits per heavy atom. The molecule has 0 aromatic rings. The number of nitrogens with two attached hydrogens (primary N) is 1. The minimum absolute atomic E-state index is 0.335. The van der Waals surface area contributed by atoms with Gasteiger partial charge in [0.05, 0.1) is 18.4 Å². The van der Waals surface area contributed by atoms with Crippen molar-refractivity contribution < 1.29 is 27.7 Å².